The summed E-state index contributed by atoms with van der Waals surface area (Å²) in [5, 5.41) is 8.07. The first-order chi connectivity index (χ1) is 17.9. The number of ketones is 1. The molecule has 10 nitrogen and oxygen atoms in total. The smallest absolute Gasteiger partial charge is 0.408 e. The summed E-state index contributed by atoms with van der Waals surface area (Å²) in [7, 11) is 0. The number of piperidine rings is 1. The molecule has 5 atom stereocenters. The van der Waals surface area contributed by atoms with E-state index in [1.54, 1.807) is 26.8 Å². The Morgan fingerprint density at radius 3 is 2.21 bits per heavy atom. The molecule has 2 fully saturated rings. The van der Waals surface area contributed by atoms with E-state index >= 15 is 0 Å². The summed E-state index contributed by atoms with van der Waals surface area (Å²) in [4.78, 5) is 67.1. The van der Waals surface area contributed by atoms with Gasteiger partial charge in [0.25, 0.3) is 5.91 Å². The molecular formula is C29H48N4O6. The zero-order valence-corrected chi connectivity index (χ0v) is 25.1. The van der Waals surface area contributed by atoms with Crippen molar-refractivity contribution in [2.45, 2.75) is 105 Å². The van der Waals surface area contributed by atoms with Crippen LogP contribution in [0.3, 0.4) is 0 Å². The number of hydrogen-bond donors (Lipinski definition) is 3. The maximum absolute atomic E-state index is 13.9. The van der Waals surface area contributed by atoms with E-state index in [0.29, 0.717) is 25.8 Å². The first-order valence-corrected chi connectivity index (χ1v) is 13.9. The van der Waals surface area contributed by atoms with Gasteiger partial charge in [-0.05, 0) is 56.3 Å². The predicted octanol–water partition coefficient (Wildman–Crippen LogP) is 2.96. The number of carbonyl (C=O) groups is 5. The molecule has 39 heavy (non-hydrogen) atoms. The van der Waals surface area contributed by atoms with Crippen molar-refractivity contribution in [1.29, 1.82) is 0 Å². The van der Waals surface area contributed by atoms with Gasteiger partial charge in [-0.3, -0.25) is 19.2 Å². The highest BCUT2D eigenvalue weighted by Crippen LogP contribution is 2.65. The second kappa shape index (κ2) is 12.1. The average Bonchev–Trinajstić information content (AvgIpc) is 3.14. The third kappa shape index (κ3) is 7.82. The molecule has 3 N–H and O–H groups in total. The lowest BCUT2D eigenvalue weighted by molar-refractivity contribution is -0.145. The minimum absolute atomic E-state index is 0.0950. The van der Waals surface area contributed by atoms with Gasteiger partial charge in [0, 0.05) is 13.1 Å². The number of nitrogens with one attached hydrogen (secondary N) is 3. The van der Waals surface area contributed by atoms with Crippen molar-refractivity contribution in [3.05, 3.63) is 12.7 Å². The van der Waals surface area contributed by atoms with Crippen LogP contribution in [0, 0.1) is 22.7 Å². The van der Waals surface area contributed by atoms with E-state index in [9.17, 15) is 24.0 Å². The molecule has 1 aliphatic heterocycles. The van der Waals surface area contributed by atoms with Crippen LogP contribution in [-0.4, -0.2) is 71.3 Å². The van der Waals surface area contributed by atoms with Gasteiger partial charge in [0.1, 0.15) is 17.7 Å². The summed E-state index contributed by atoms with van der Waals surface area (Å²) in [6.07, 6.45) is 2.32. The summed E-state index contributed by atoms with van der Waals surface area (Å²) >= 11 is 0. The lowest BCUT2D eigenvalue weighted by Crippen LogP contribution is -2.60. The van der Waals surface area contributed by atoms with Gasteiger partial charge in [0.2, 0.25) is 17.6 Å². The van der Waals surface area contributed by atoms with Crippen molar-refractivity contribution < 1.29 is 28.7 Å². The average molecular weight is 549 g/mol. The molecule has 0 aromatic carbocycles. The number of Topliss-reactive ketones (excluding diaryl/α,β-unsaturated/α-hetero) is 1. The van der Waals surface area contributed by atoms with Gasteiger partial charge < -0.3 is 25.6 Å². The summed E-state index contributed by atoms with van der Waals surface area (Å²) < 4.78 is 5.40. The fourth-order valence-electron chi connectivity index (χ4n) is 5.40. The lowest BCUT2D eigenvalue weighted by Gasteiger charge is -2.38. The standard InChI is InChI=1S/C29H48N4O6/c1-11-13-15-30-24(36)21(34)18(14-12-2)31-23(35)20-19-17(29(19,9)10)16-33(20)25(37)22(27(3,4)5)32-26(38)39-28(6,7)8/h11,17-20,22H,1,12-16H2,2-10H3,(H,30,36)(H,31,35)(H,32,38)/t17?,18-,19+,20+,22-/m1/s1. The van der Waals surface area contributed by atoms with Crippen LogP contribution in [0.2, 0.25) is 0 Å². The molecule has 4 amide bonds. The monoisotopic (exact) mass is 548 g/mol. The number of rotatable bonds is 11. The highest BCUT2D eigenvalue weighted by molar-refractivity contribution is 6.38. The van der Waals surface area contributed by atoms with E-state index in [-0.39, 0.29) is 29.7 Å². The van der Waals surface area contributed by atoms with Crippen molar-refractivity contribution in [2.24, 2.45) is 22.7 Å². The Labute approximate surface area is 233 Å². The summed E-state index contributed by atoms with van der Waals surface area (Å²) in [6, 6.07) is -2.76. The van der Waals surface area contributed by atoms with E-state index in [1.807, 2.05) is 27.7 Å². The first kappa shape index (κ1) is 32.3. The van der Waals surface area contributed by atoms with E-state index in [2.05, 4.69) is 36.4 Å². The molecule has 0 aromatic heterocycles. The number of amides is 4. The van der Waals surface area contributed by atoms with Gasteiger partial charge in [-0.15, -0.1) is 6.58 Å². The molecule has 0 radical (unpaired) electrons. The van der Waals surface area contributed by atoms with Gasteiger partial charge in [-0.2, -0.15) is 0 Å². The Hall–Kier alpha value is -2.91. The molecule has 1 saturated carbocycles. The van der Waals surface area contributed by atoms with Crippen LogP contribution in [0.25, 0.3) is 0 Å². The van der Waals surface area contributed by atoms with E-state index in [1.165, 1.54) is 4.90 Å². The van der Waals surface area contributed by atoms with Gasteiger partial charge in [0.15, 0.2) is 0 Å². The van der Waals surface area contributed by atoms with Crippen LogP contribution in [0.1, 0.15) is 81.6 Å². The lowest BCUT2D eigenvalue weighted by atomic mass is 9.85. The largest absolute Gasteiger partial charge is 0.444 e. The molecule has 0 spiro atoms. The van der Waals surface area contributed by atoms with E-state index in [4.69, 9.17) is 4.74 Å². The highest BCUT2D eigenvalue weighted by atomic mass is 16.6. The number of fused-ring (bicyclic) bond motifs is 1. The molecule has 2 rings (SSSR count). The van der Waals surface area contributed by atoms with Crippen LogP contribution < -0.4 is 16.0 Å². The number of carbonyl (C=O) groups excluding carboxylic acids is 5. The second-order valence-corrected chi connectivity index (χ2v) is 13.4. The Balaban J connectivity index is 2.28. The number of hydrogen-bond acceptors (Lipinski definition) is 6. The predicted molar refractivity (Wildman–Crippen MR) is 149 cm³/mol. The highest BCUT2D eigenvalue weighted by Gasteiger charge is 2.69. The van der Waals surface area contributed by atoms with Gasteiger partial charge >= 0.3 is 6.09 Å². The molecule has 1 aliphatic carbocycles. The van der Waals surface area contributed by atoms with Crippen LogP contribution in [0.4, 0.5) is 4.79 Å². The van der Waals surface area contributed by atoms with Crippen molar-refractivity contribution in [3.63, 3.8) is 0 Å². The number of alkyl carbamates (subject to hydrolysis) is 1. The Bertz CT molecular complexity index is 977. The van der Waals surface area contributed by atoms with Crippen molar-refractivity contribution >= 4 is 29.6 Å². The summed E-state index contributed by atoms with van der Waals surface area (Å²) in [5.74, 6) is -2.29. The molecule has 220 valence electrons. The van der Waals surface area contributed by atoms with Gasteiger partial charge in [0.05, 0.1) is 6.04 Å². The molecule has 1 saturated heterocycles. The third-order valence-electron chi connectivity index (χ3n) is 7.60. The fourth-order valence-corrected chi connectivity index (χ4v) is 5.40. The SMILES string of the molecule is C=CCCNC(=O)C(=O)[C@@H](CCC)NC(=O)[C@@H]1[C@@H]2C(CN1C(=O)[C@@H](NC(=O)OC(C)(C)C)C(C)(C)C)C2(C)C. The summed E-state index contributed by atoms with van der Waals surface area (Å²) in [6.45, 7) is 21.0. The van der Waals surface area contributed by atoms with E-state index < -0.39 is 52.8 Å². The Morgan fingerprint density at radius 2 is 1.69 bits per heavy atom. The molecule has 0 aromatic rings. The van der Waals surface area contributed by atoms with E-state index in [0.717, 1.165) is 0 Å². The van der Waals surface area contributed by atoms with Crippen LogP contribution in [-0.2, 0) is 23.9 Å². The first-order valence-electron chi connectivity index (χ1n) is 13.9. The van der Waals surface area contributed by atoms with Crippen molar-refractivity contribution in [2.75, 3.05) is 13.1 Å². The van der Waals surface area contributed by atoms with Crippen molar-refractivity contribution in [1.82, 2.24) is 20.9 Å². The van der Waals surface area contributed by atoms with Crippen LogP contribution in [0.15, 0.2) is 12.7 Å². The zero-order chi connectivity index (χ0) is 29.9. The van der Waals surface area contributed by atoms with Crippen molar-refractivity contribution in [3.8, 4) is 0 Å². The maximum Gasteiger partial charge on any atom is 0.408 e. The zero-order valence-electron chi connectivity index (χ0n) is 25.1. The molecule has 10 heteroatoms. The normalized spacial score (nSPS) is 23.1. The Kier molecular flexibility index (Phi) is 10.0. The maximum atomic E-state index is 13.9. The number of ether oxygens (including phenoxy) is 1. The molecule has 1 heterocycles. The van der Waals surface area contributed by atoms with Gasteiger partial charge in [-0.25, -0.2) is 4.79 Å². The van der Waals surface area contributed by atoms with Gasteiger partial charge in [-0.1, -0.05) is 54.0 Å². The second-order valence-electron chi connectivity index (χ2n) is 13.4. The van der Waals surface area contributed by atoms with Crippen LogP contribution >= 0.6 is 0 Å². The Morgan fingerprint density at radius 1 is 1.08 bits per heavy atom. The quantitative estimate of drug-likeness (QED) is 0.207. The van der Waals surface area contributed by atoms with Crippen LogP contribution in [0.5, 0.6) is 0 Å². The minimum Gasteiger partial charge on any atom is -0.444 e. The summed E-state index contributed by atoms with van der Waals surface area (Å²) in [5.41, 5.74) is -1.56. The minimum atomic E-state index is -0.998. The third-order valence-corrected chi connectivity index (χ3v) is 7.60. The number of nitrogens with zero attached hydrogens (tertiary/aromatic N) is 1. The molecular weight excluding hydrogens is 500 g/mol. The topological polar surface area (TPSA) is 134 Å². The molecule has 1 unspecified atom stereocenters. The molecule has 0 bridgehead atoms. The number of likely N-dealkylation sites (tertiary alicyclic amines) is 1. The fraction of sp³-hybridized carbons (Fsp3) is 0.759. The molecule has 2 aliphatic rings.